The maximum absolute atomic E-state index is 13.5. The molecule has 2 aliphatic rings. The molecule has 2 aromatic carbocycles. The Bertz CT molecular complexity index is 1210. The topological polar surface area (TPSA) is 75.0 Å². The van der Waals surface area contributed by atoms with Gasteiger partial charge in [0, 0.05) is 62.4 Å². The molecular weight excluding hydrogens is 422 g/mol. The van der Waals surface area contributed by atoms with Gasteiger partial charge in [0.05, 0.1) is 26.9 Å². The van der Waals surface area contributed by atoms with Gasteiger partial charge in [0.25, 0.3) is 5.91 Å². The van der Waals surface area contributed by atoms with Crippen molar-refractivity contribution in [3.8, 4) is 34.3 Å². The quantitative estimate of drug-likeness (QED) is 0.606. The number of para-hydroxylation sites is 1. The van der Waals surface area contributed by atoms with Crippen LogP contribution in [0.1, 0.15) is 28.8 Å². The maximum atomic E-state index is 13.5. The average Bonchev–Trinajstić information content (AvgIpc) is 3.26. The first kappa shape index (κ1) is 21.2. The number of hydrogen-bond acceptors (Lipinski definition) is 6. The van der Waals surface area contributed by atoms with Crippen LogP contribution in [-0.4, -0.2) is 55.0 Å². The Kier molecular flexibility index (Phi) is 5.15. The van der Waals surface area contributed by atoms with Crippen LogP contribution in [0.25, 0.3) is 11.3 Å². The first-order valence-electron chi connectivity index (χ1n) is 10.9. The molecule has 0 bridgehead atoms. The molecular formula is C25H27N3O5. The predicted octanol–water partition coefficient (Wildman–Crippen LogP) is 3.64. The number of aryl methyl sites for hydroxylation is 1. The van der Waals surface area contributed by atoms with Gasteiger partial charge in [0.15, 0.2) is 11.5 Å². The molecule has 0 aliphatic carbocycles. The van der Waals surface area contributed by atoms with Crippen molar-refractivity contribution < 1.29 is 23.7 Å². The summed E-state index contributed by atoms with van der Waals surface area (Å²) in [7, 11) is 6.57. The van der Waals surface area contributed by atoms with Crippen molar-refractivity contribution in [1.29, 1.82) is 0 Å². The summed E-state index contributed by atoms with van der Waals surface area (Å²) in [5.41, 5.74) is 2.99. The summed E-state index contributed by atoms with van der Waals surface area (Å²) in [4.78, 5) is 15.3. The fraction of sp³-hybridized carbons (Fsp3) is 0.360. The molecule has 1 fully saturated rings. The van der Waals surface area contributed by atoms with Crippen LogP contribution >= 0.6 is 0 Å². The Hall–Kier alpha value is -3.68. The van der Waals surface area contributed by atoms with Gasteiger partial charge in [0.1, 0.15) is 22.8 Å². The number of carbonyl (C=O) groups excluding carboxylic acids is 1. The first-order chi connectivity index (χ1) is 16.0. The molecule has 172 valence electrons. The van der Waals surface area contributed by atoms with Crippen molar-refractivity contribution in [3.05, 3.63) is 53.7 Å². The zero-order chi connectivity index (χ0) is 23.2. The molecule has 3 aromatic rings. The molecule has 1 amide bonds. The van der Waals surface area contributed by atoms with E-state index < -0.39 is 5.60 Å². The largest absolute Gasteiger partial charge is 0.496 e. The summed E-state index contributed by atoms with van der Waals surface area (Å²) >= 11 is 0. The summed E-state index contributed by atoms with van der Waals surface area (Å²) in [6.07, 6.45) is 3.38. The number of aromatic nitrogens is 2. The lowest BCUT2D eigenvalue weighted by molar-refractivity contribution is -0.00174. The van der Waals surface area contributed by atoms with E-state index in [1.54, 1.807) is 33.5 Å². The number of carbonyl (C=O) groups is 1. The van der Waals surface area contributed by atoms with Crippen LogP contribution in [0, 0.1) is 0 Å². The second-order valence-corrected chi connectivity index (χ2v) is 8.36. The third-order valence-electron chi connectivity index (χ3n) is 6.56. The molecule has 8 heteroatoms. The lowest BCUT2D eigenvalue weighted by Gasteiger charge is -2.44. The molecule has 2 aliphatic heterocycles. The van der Waals surface area contributed by atoms with Crippen molar-refractivity contribution in [2.24, 2.45) is 7.05 Å². The SMILES string of the molecule is COc1cc(OC)c(C(=O)N2CCC3(CC2)Oc2ccccc2-c2nn(C)cc23)cc1OC. The summed E-state index contributed by atoms with van der Waals surface area (Å²) in [6, 6.07) is 11.4. The number of amides is 1. The monoisotopic (exact) mass is 449 g/mol. The second-order valence-electron chi connectivity index (χ2n) is 8.36. The number of likely N-dealkylation sites (tertiary alicyclic amines) is 1. The van der Waals surface area contributed by atoms with Crippen LogP contribution in [0.5, 0.6) is 23.0 Å². The first-order valence-corrected chi connectivity index (χ1v) is 10.9. The third-order valence-corrected chi connectivity index (χ3v) is 6.56. The Morgan fingerprint density at radius 2 is 1.67 bits per heavy atom. The Labute approximate surface area is 192 Å². The van der Waals surface area contributed by atoms with Crippen LogP contribution < -0.4 is 18.9 Å². The zero-order valence-electron chi connectivity index (χ0n) is 19.3. The molecule has 0 N–H and O–H groups in total. The van der Waals surface area contributed by atoms with E-state index in [-0.39, 0.29) is 5.91 Å². The molecule has 1 aromatic heterocycles. The second kappa shape index (κ2) is 8.03. The van der Waals surface area contributed by atoms with Crippen LogP contribution in [0.3, 0.4) is 0 Å². The third kappa shape index (κ3) is 3.37. The molecule has 0 unspecified atom stereocenters. The van der Waals surface area contributed by atoms with E-state index in [2.05, 4.69) is 0 Å². The highest BCUT2D eigenvalue weighted by molar-refractivity contribution is 5.98. The van der Waals surface area contributed by atoms with Crippen LogP contribution in [-0.2, 0) is 12.6 Å². The fourth-order valence-corrected chi connectivity index (χ4v) is 4.85. The Balaban J connectivity index is 1.43. The van der Waals surface area contributed by atoms with E-state index in [1.165, 1.54) is 0 Å². The average molecular weight is 450 g/mol. The molecule has 1 spiro atoms. The lowest BCUT2D eigenvalue weighted by atomic mass is 9.81. The molecule has 0 atom stereocenters. The van der Waals surface area contributed by atoms with Crippen LogP contribution in [0.4, 0.5) is 0 Å². The molecule has 5 rings (SSSR count). The van der Waals surface area contributed by atoms with Crippen molar-refractivity contribution in [2.45, 2.75) is 18.4 Å². The van der Waals surface area contributed by atoms with Crippen molar-refractivity contribution in [2.75, 3.05) is 34.4 Å². The van der Waals surface area contributed by atoms with E-state index in [0.717, 1.165) is 22.6 Å². The standard InChI is InChI=1S/C25H27N3O5/c1-27-15-18-23(26-27)16-7-5-6-8-19(16)33-25(18)9-11-28(12-10-25)24(29)17-13-21(31-3)22(32-4)14-20(17)30-2/h5-8,13-15H,9-12H2,1-4H3. The number of fused-ring (bicyclic) bond motifs is 4. The number of benzene rings is 2. The number of ether oxygens (including phenoxy) is 4. The Morgan fingerprint density at radius 1 is 1.00 bits per heavy atom. The molecule has 0 saturated carbocycles. The highest BCUT2D eigenvalue weighted by Gasteiger charge is 2.46. The highest BCUT2D eigenvalue weighted by atomic mass is 16.5. The molecule has 33 heavy (non-hydrogen) atoms. The predicted molar refractivity (Wildman–Crippen MR) is 122 cm³/mol. The van der Waals surface area contributed by atoms with Crippen molar-refractivity contribution in [3.63, 3.8) is 0 Å². The van der Waals surface area contributed by atoms with Gasteiger partial charge >= 0.3 is 0 Å². The van der Waals surface area contributed by atoms with Gasteiger partial charge in [-0.3, -0.25) is 9.48 Å². The molecule has 0 radical (unpaired) electrons. The molecule has 3 heterocycles. The van der Waals surface area contributed by atoms with Gasteiger partial charge in [-0.15, -0.1) is 0 Å². The molecule has 1 saturated heterocycles. The minimum absolute atomic E-state index is 0.106. The van der Waals surface area contributed by atoms with Crippen LogP contribution in [0.15, 0.2) is 42.6 Å². The van der Waals surface area contributed by atoms with E-state index >= 15 is 0 Å². The minimum Gasteiger partial charge on any atom is -0.496 e. The van der Waals surface area contributed by atoms with Crippen LogP contribution in [0.2, 0.25) is 0 Å². The highest BCUT2D eigenvalue weighted by Crippen LogP contribution is 2.49. The summed E-state index contributed by atoms with van der Waals surface area (Å²) < 4.78 is 24.7. The summed E-state index contributed by atoms with van der Waals surface area (Å²) in [5.74, 6) is 2.19. The summed E-state index contributed by atoms with van der Waals surface area (Å²) in [6.45, 7) is 1.10. The number of nitrogens with zero attached hydrogens (tertiary/aromatic N) is 3. The fourth-order valence-electron chi connectivity index (χ4n) is 4.85. The lowest BCUT2D eigenvalue weighted by Crippen LogP contribution is -2.49. The van der Waals surface area contributed by atoms with Gasteiger partial charge in [0.2, 0.25) is 0 Å². The Morgan fingerprint density at radius 3 is 2.36 bits per heavy atom. The molecule has 8 nitrogen and oxygen atoms in total. The van der Waals surface area contributed by atoms with E-state index in [9.17, 15) is 4.79 Å². The summed E-state index contributed by atoms with van der Waals surface area (Å²) in [5, 5.41) is 4.72. The van der Waals surface area contributed by atoms with E-state index in [0.29, 0.717) is 48.7 Å². The number of methoxy groups -OCH3 is 3. The van der Waals surface area contributed by atoms with E-state index in [1.807, 2.05) is 47.1 Å². The van der Waals surface area contributed by atoms with Gasteiger partial charge in [-0.25, -0.2) is 0 Å². The maximum Gasteiger partial charge on any atom is 0.257 e. The minimum atomic E-state index is -0.504. The van der Waals surface area contributed by atoms with Crippen molar-refractivity contribution in [1.82, 2.24) is 14.7 Å². The normalized spacial score (nSPS) is 15.9. The number of hydrogen-bond donors (Lipinski definition) is 0. The van der Waals surface area contributed by atoms with Gasteiger partial charge < -0.3 is 23.8 Å². The van der Waals surface area contributed by atoms with Gasteiger partial charge in [-0.1, -0.05) is 12.1 Å². The number of rotatable bonds is 4. The zero-order valence-corrected chi connectivity index (χ0v) is 19.3. The smallest absolute Gasteiger partial charge is 0.257 e. The van der Waals surface area contributed by atoms with Gasteiger partial charge in [-0.05, 0) is 12.1 Å². The van der Waals surface area contributed by atoms with Gasteiger partial charge in [-0.2, -0.15) is 5.10 Å². The number of piperidine rings is 1. The van der Waals surface area contributed by atoms with E-state index in [4.69, 9.17) is 24.0 Å². The van der Waals surface area contributed by atoms with Crippen molar-refractivity contribution >= 4 is 5.91 Å².